The van der Waals surface area contributed by atoms with Gasteiger partial charge in [-0.05, 0) is 50.5 Å². The number of hydrogen-bond acceptors (Lipinski definition) is 5. The minimum absolute atomic E-state index is 0.201. The molecule has 0 saturated heterocycles. The lowest BCUT2D eigenvalue weighted by Gasteiger charge is -2.04. The van der Waals surface area contributed by atoms with Crippen molar-refractivity contribution in [3.05, 3.63) is 59.2 Å². The van der Waals surface area contributed by atoms with E-state index in [-0.39, 0.29) is 5.78 Å². The highest BCUT2D eigenvalue weighted by Gasteiger charge is 2.07. The molecule has 0 aliphatic rings. The summed E-state index contributed by atoms with van der Waals surface area (Å²) in [5.74, 6) is 0.682. The number of ketones is 1. The van der Waals surface area contributed by atoms with Gasteiger partial charge in [0.05, 0.1) is 11.9 Å². The quantitative estimate of drug-likeness (QED) is 0.227. The zero-order valence-corrected chi connectivity index (χ0v) is 19.9. The number of benzene rings is 1. The van der Waals surface area contributed by atoms with Gasteiger partial charge < -0.3 is 10.7 Å². The molecule has 7 nitrogen and oxygen atoms in total. The van der Waals surface area contributed by atoms with Crippen LogP contribution in [-0.2, 0) is 25.8 Å². The van der Waals surface area contributed by atoms with E-state index < -0.39 is 0 Å². The van der Waals surface area contributed by atoms with Gasteiger partial charge in [0.2, 0.25) is 0 Å². The van der Waals surface area contributed by atoms with Crippen molar-refractivity contribution in [1.82, 2.24) is 25.0 Å². The van der Waals surface area contributed by atoms with Crippen molar-refractivity contribution >= 4 is 11.7 Å². The van der Waals surface area contributed by atoms with Gasteiger partial charge in [-0.15, -0.1) is 5.10 Å². The Labute approximate surface area is 197 Å². The number of carbonyl (C=O) groups excluding carboxylic acids is 1. The van der Waals surface area contributed by atoms with Crippen LogP contribution in [0.4, 0.5) is 5.95 Å². The van der Waals surface area contributed by atoms with Crippen LogP contribution in [0.1, 0.15) is 92.0 Å². The average molecular weight is 451 g/mol. The summed E-state index contributed by atoms with van der Waals surface area (Å²) in [6, 6.07) is 8.17. The predicted octanol–water partition coefficient (Wildman–Crippen LogP) is 5.32. The van der Waals surface area contributed by atoms with E-state index in [0.29, 0.717) is 12.4 Å². The van der Waals surface area contributed by atoms with Crippen LogP contribution < -0.4 is 5.73 Å². The van der Waals surface area contributed by atoms with E-state index in [4.69, 9.17) is 5.73 Å². The number of hydrogen-bond donors (Lipinski definition) is 2. The molecule has 0 radical (unpaired) electrons. The Morgan fingerprint density at radius 3 is 2.48 bits per heavy atom. The number of unbranched alkanes of at least 4 members (excludes halogenated alkanes) is 5. The van der Waals surface area contributed by atoms with Crippen molar-refractivity contribution in [1.29, 1.82) is 0 Å². The van der Waals surface area contributed by atoms with Crippen LogP contribution >= 0.6 is 0 Å². The standard InChI is InChI=1S/C26H38N6O/c1-2-3-4-6-10-21-14-16-22(17-15-21)25(33)13-9-18-32-20-24(30-31-32)12-8-5-7-11-23-19-28-26(27)29-23/h14-17,19-20H,2-13,18H2,1H3,(H3,27,28,29). The number of H-pyrrole nitrogens is 1. The van der Waals surface area contributed by atoms with Gasteiger partial charge in [0.1, 0.15) is 0 Å². The Hall–Kier alpha value is -2.96. The first kappa shape index (κ1) is 24.7. The van der Waals surface area contributed by atoms with Crippen LogP contribution in [0.5, 0.6) is 0 Å². The number of imidazole rings is 1. The molecule has 1 aromatic carbocycles. The third-order valence-corrected chi connectivity index (χ3v) is 6.00. The molecule has 0 saturated carbocycles. The molecule has 0 aliphatic heterocycles. The van der Waals surface area contributed by atoms with Crippen LogP contribution in [0, 0.1) is 0 Å². The lowest BCUT2D eigenvalue weighted by Crippen LogP contribution is -2.04. The van der Waals surface area contributed by atoms with Gasteiger partial charge in [0.15, 0.2) is 11.7 Å². The largest absolute Gasteiger partial charge is 0.369 e. The summed E-state index contributed by atoms with van der Waals surface area (Å²) in [6.07, 6.45) is 16.5. The molecule has 0 atom stereocenters. The molecule has 178 valence electrons. The summed E-state index contributed by atoms with van der Waals surface area (Å²) in [4.78, 5) is 19.6. The number of Topliss-reactive ketones (excluding diaryl/α,β-unsaturated/α-hetero) is 1. The van der Waals surface area contributed by atoms with Crippen LogP contribution in [0.2, 0.25) is 0 Å². The molecule has 2 heterocycles. The third kappa shape index (κ3) is 8.83. The number of aryl methyl sites for hydroxylation is 4. The zero-order valence-electron chi connectivity index (χ0n) is 19.9. The summed E-state index contributed by atoms with van der Waals surface area (Å²) in [6.45, 7) is 2.95. The summed E-state index contributed by atoms with van der Waals surface area (Å²) in [7, 11) is 0. The Balaban J connectivity index is 1.29. The summed E-state index contributed by atoms with van der Waals surface area (Å²) < 4.78 is 1.86. The highest BCUT2D eigenvalue weighted by Crippen LogP contribution is 2.13. The second-order valence-corrected chi connectivity index (χ2v) is 8.86. The summed E-state index contributed by atoms with van der Waals surface area (Å²) >= 11 is 0. The molecule has 0 spiro atoms. The van der Waals surface area contributed by atoms with E-state index in [2.05, 4.69) is 39.3 Å². The maximum absolute atomic E-state index is 12.5. The maximum atomic E-state index is 12.5. The number of aromatic amines is 1. The topological polar surface area (TPSA) is 102 Å². The van der Waals surface area contributed by atoms with E-state index in [0.717, 1.165) is 68.4 Å². The third-order valence-electron chi connectivity index (χ3n) is 6.00. The molecule has 0 aliphatic carbocycles. The fourth-order valence-corrected chi connectivity index (χ4v) is 4.02. The first-order valence-corrected chi connectivity index (χ1v) is 12.4. The van der Waals surface area contributed by atoms with E-state index >= 15 is 0 Å². The van der Waals surface area contributed by atoms with Crippen LogP contribution in [-0.4, -0.2) is 30.7 Å². The zero-order chi connectivity index (χ0) is 23.3. The van der Waals surface area contributed by atoms with E-state index in [1.54, 1.807) is 6.20 Å². The summed E-state index contributed by atoms with van der Waals surface area (Å²) in [5, 5.41) is 8.49. The van der Waals surface area contributed by atoms with Gasteiger partial charge in [-0.1, -0.05) is 62.1 Å². The van der Waals surface area contributed by atoms with Crippen molar-refractivity contribution in [3.8, 4) is 0 Å². The van der Waals surface area contributed by atoms with E-state index in [9.17, 15) is 4.79 Å². The Bertz CT molecular complexity index is 959. The maximum Gasteiger partial charge on any atom is 0.197 e. The SMILES string of the molecule is CCCCCCc1ccc(C(=O)CCCn2cc(CCCCCc3cnc(N)[nH]3)nn2)cc1. The van der Waals surface area contributed by atoms with Crippen molar-refractivity contribution in [3.63, 3.8) is 0 Å². The van der Waals surface area contributed by atoms with Crippen LogP contribution in [0.3, 0.4) is 0 Å². The highest BCUT2D eigenvalue weighted by atomic mass is 16.1. The molecule has 0 bridgehead atoms. The molecule has 2 aromatic heterocycles. The lowest BCUT2D eigenvalue weighted by molar-refractivity contribution is 0.0978. The number of nitrogens with one attached hydrogen (secondary N) is 1. The predicted molar refractivity (Wildman–Crippen MR) is 132 cm³/mol. The van der Waals surface area contributed by atoms with Crippen LogP contribution in [0.15, 0.2) is 36.7 Å². The first-order valence-electron chi connectivity index (χ1n) is 12.4. The lowest BCUT2D eigenvalue weighted by atomic mass is 10.0. The molecular weight excluding hydrogens is 412 g/mol. The van der Waals surface area contributed by atoms with Gasteiger partial charge in [-0.3, -0.25) is 9.48 Å². The van der Waals surface area contributed by atoms with Gasteiger partial charge in [-0.25, -0.2) is 4.98 Å². The van der Waals surface area contributed by atoms with Crippen molar-refractivity contribution in [2.24, 2.45) is 0 Å². The van der Waals surface area contributed by atoms with Gasteiger partial charge in [-0.2, -0.15) is 0 Å². The highest BCUT2D eigenvalue weighted by molar-refractivity contribution is 5.96. The molecule has 33 heavy (non-hydrogen) atoms. The fraction of sp³-hybridized carbons (Fsp3) is 0.538. The van der Waals surface area contributed by atoms with Gasteiger partial charge in [0.25, 0.3) is 0 Å². The smallest absolute Gasteiger partial charge is 0.197 e. The average Bonchev–Trinajstić information content (AvgIpc) is 3.45. The number of anilines is 1. The Kier molecular flexibility index (Phi) is 10.1. The van der Waals surface area contributed by atoms with Gasteiger partial charge >= 0.3 is 0 Å². The molecule has 7 heteroatoms. The van der Waals surface area contributed by atoms with Crippen molar-refractivity contribution < 1.29 is 4.79 Å². The fourth-order valence-electron chi connectivity index (χ4n) is 4.02. The van der Waals surface area contributed by atoms with E-state index in [1.807, 2.05) is 23.0 Å². The number of rotatable bonds is 16. The number of nitrogens with zero attached hydrogens (tertiary/aromatic N) is 4. The summed E-state index contributed by atoms with van der Waals surface area (Å²) in [5.41, 5.74) is 9.83. The molecular formula is C26H38N6O. The van der Waals surface area contributed by atoms with E-state index in [1.165, 1.54) is 31.2 Å². The molecule has 0 amide bonds. The number of aromatic nitrogens is 5. The molecule has 3 rings (SSSR count). The molecule has 3 N–H and O–H groups in total. The monoisotopic (exact) mass is 450 g/mol. The Morgan fingerprint density at radius 2 is 1.73 bits per heavy atom. The molecule has 0 fully saturated rings. The first-order chi connectivity index (χ1) is 16.1. The second-order valence-electron chi connectivity index (χ2n) is 8.86. The molecule has 0 unspecified atom stereocenters. The normalized spacial score (nSPS) is 11.2. The number of carbonyl (C=O) groups is 1. The minimum atomic E-state index is 0.201. The second kappa shape index (κ2) is 13.6. The minimum Gasteiger partial charge on any atom is -0.369 e. The van der Waals surface area contributed by atoms with Crippen molar-refractivity contribution in [2.45, 2.75) is 90.5 Å². The number of nitrogens with two attached hydrogens (primary N) is 1. The van der Waals surface area contributed by atoms with Gasteiger partial charge in [0, 0.05) is 30.4 Å². The number of nitrogen functional groups attached to an aromatic ring is 1. The molecule has 3 aromatic rings. The van der Waals surface area contributed by atoms with Crippen molar-refractivity contribution in [2.75, 3.05) is 5.73 Å². The van der Waals surface area contributed by atoms with Crippen LogP contribution in [0.25, 0.3) is 0 Å². The Morgan fingerprint density at radius 1 is 0.970 bits per heavy atom.